The molecule has 1 aliphatic carbocycles. The number of carbonyl (C=O) groups excluding carboxylic acids is 1. The van der Waals surface area contributed by atoms with E-state index in [1.54, 1.807) is 16.9 Å². The van der Waals surface area contributed by atoms with E-state index < -0.39 is 0 Å². The van der Waals surface area contributed by atoms with Crippen molar-refractivity contribution in [2.45, 2.75) is 12.8 Å². The van der Waals surface area contributed by atoms with Crippen molar-refractivity contribution in [2.75, 3.05) is 5.32 Å². The molecule has 0 atom stereocenters. The molecule has 2 heterocycles. The molecule has 3 aromatic rings. The van der Waals surface area contributed by atoms with Gasteiger partial charge >= 0.3 is 0 Å². The number of rotatable bonds is 3. The van der Waals surface area contributed by atoms with Gasteiger partial charge in [-0.25, -0.2) is 5.26 Å². The Balaban J connectivity index is 0.000000880. The van der Waals surface area contributed by atoms with Crippen molar-refractivity contribution in [3.05, 3.63) is 35.6 Å². The van der Waals surface area contributed by atoms with Crippen LogP contribution in [0.15, 0.2) is 30.6 Å². The maximum atomic E-state index is 11.9. The molecule has 0 radical (unpaired) electrons. The van der Waals surface area contributed by atoms with Gasteiger partial charge in [0.2, 0.25) is 5.91 Å². The van der Waals surface area contributed by atoms with Crippen LogP contribution >= 0.6 is 11.6 Å². The topological polar surface area (TPSA) is 96.5 Å². The SMILES string of the molecule is C#N.Cn1cc(-c2cc(Cl)c3nnc(NC(=O)C4CC4)cc3c2)cn1. The number of nitriles is 1. The van der Waals surface area contributed by atoms with Crippen LogP contribution in [0.2, 0.25) is 5.02 Å². The number of hydrogen-bond donors (Lipinski definition) is 1. The molecule has 1 aromatic carbocycles. The summed E-state index contributed by atoms with van der Waals surface area (Å²) >= 11 is 6.32. The Hall–Kier alpha value is -2.98. The first-order valence-electron chi connectivity index (χ1n) is 7.63. The van der Waals surface area contributed by atoms with E-state index in [1.165, 1.54) is 0 Å². The number of nitrogens with one attached hydrogen (secondary N) is 1. The summed E-state index contributed by atoms with van der Waals surface area (Å²) in [6.45, 7) is 3.50. The molecule has 0 unspecified atom stereocenters. The molecule has 126 valence electrons. The van der Waals surface area contributed by atoms with E-state index in [-0.39, 0.29) is 11.8 Å². The number of hydrogen-bond acceptors (Lipinski definition) is 5. The summed E-state index contributed by atoms with van der Waals surface area (Å²) in [6, 6.07) is 5.62. The molecule has 1 N–H and O–H groups in total. The third-order valence-corrected chi connectivity index (χ3v) is 4.17. The molecule has 0 aliphatic heterocycles. The average Bonchev–Trinajstić information content (AvgIpc) is 3.38. The van der Waals surface area contributed by atoms with Gasteiger partial charge in [-0.3, -0.25) is 9.48 Å². The minimum atomic E-state index is 0.00756. The largest absolute Gasteiger partial charge is 0.309 e. The molecular weight excluding hydrogens is 340 g/mol. The normalized spacial score (nSPS) is 13.1. The summed E-state index contributed by atoms with van der Waals surface area (Å²) < 4.78 is 1.74. The molecule has 8 heteroatoms. The lowest BCUT2D eigenvalue weighted by molar-refractivity contribution is -0.117. The molecule has 1 aliphatic rings. The van der Waals surface area contributed by atoms with Gasteiger partial charge in [0.05, 0.1) is 11.2 Å². The summed E-state index contributed by atoms with van der Waals surface area (Å²) in [5.41, 5.74) is 2.53. The molecule has 1 amide bonds. The van der Waals surface area contributed by atoms with Crippen molar-refractivity contribution < 1.29 is 4.79 Å². The van der Waals surface area contributed by atoms with E-state index >= 15 is 0 Å². The monoisotopic (exact) mass is 354 g/mol. The van der Waals surface area contributed by atoms with Crippen LogP contribution in [0, 0.1) is 17.8 Å². The zero-order chi connectivity index (χ0) is 18.0. The Bertz CT molecular complexity index is 960. The van der Waals surface area contributed by atoms with Crippen LogP contribution in [0.5, 0.6) is 0 Å². The highest BCUT2D eigenvalue weighted by atomic mass is 35.5. The van der Waals surface area contributed by atoms with Gasteiger partial charge in [-0.15, -0.1) is 10.2 Å². The molecule has 1 saturated carbocycles. The molecular formula is C17H15ClN6O. The van der Waals surface area contributed by atoms with E-state index in [9.17, 15) is 4.79 Å². The van der Waals surface area contributed by atoms with Gasteiger partial charge in [-0.1, -0.05) is 11.6 Å². The second-order valence-electron chi connectivity index (χ2n) is 5.79. The smallest absolute Gasteiger partial charge is 0.228 e. The van der Waals surface area contributed by atoms with Gasteiger partial charge in [-0.2, -0.15) is 5.10 Å². The number of anilines is 1. The van der Waals surface area contributed by atoms with Crippen molar-refractivity contribution in [3.8, 4) is 17.7 Å². The number of aromatic nitrogens is 4. The highest BCUT2D eigenvalue weighted by molar-refractivity contribution is 6.35. The number of halogens is 1. The van der Waals surface area contributed by atoms with Gasteiger partial charge in [0, 0.05) is 36.7 Å². The van der Waals surface area contributed by atoms with Crippen molar-refractivity contribution in [1.29, 1.82) is 5.26 Å². The Morgan fingerprint density at radius 2 is 2.04 bits per heavy atom. The van der Waals surface area contributed by atoms with Crippen LogP contribution in [-0.4, -0.2) is 25.9 Å². The van der Waals surface area contributed by atoms with Crippen molar-refractivity contribution in [1.82, 2.24) is 20.0 Å². The maximum absolute atomic E-state index is 11.9. The summed E-state index contributed by atoms with van der Waals surface area (Å²) in [6.07, 6.45) is 5.59. The van der Waals surface area contributed by atoms with Crippen LogP contribution in [0.25, 0.3) is 22.0 Å². The molecule has 4 rings (SSSR count). The lowest BCUT2D eigenvalue weighted by atomic mass is 10.1. The van der Waals surface area contributed by atoms with E-state index in [0.717, 1.165) is 29.4 Å². The molecule has 7 nitrogen and oxygen atoms in total. The molecule has 0 saturated heterocycles. The molecule has 0 bridgehead atoms. The third-order valence-electron chi connectivity index (χ3n) is 3.88. The fourth-order valence-corrected chi connectivity index (χ4v) is 2.75. The standard InChI is InChI=1S/C16H14ClN5O.CHN/c1-22-8-12(7-18-22)10-4-11-6-14(19-16(23)9-2-3-9)20-21-15(11)13(17)5-10;1-2/h4-9H,2-3H2,1H3,(H,19,20,23);1H. The number of fused-ring (bicyclic) bond motifs is 1. The Morgan fingerprint density at radius 3 is 2.68 bits per heavy atom. The number of aryl methyl sites for hydroxylation is 1. The van der Waals surface area contributed by atoms with Gasteiger partial charge in [0.15, 0.2) is 5.82 Å². The second-order valence-corrected chi connectivity index (χ2v) is 6.20. The minimum absolute atomic E-state index is 0.00756. The van der Waals surface area contributed by atoms with Crippen LogP contribution in [0.4, 0.5) is 5.82 Å². The third kappa shape index (κ3) is 3.59. The number of benzene rings is 1. The van der Waals surface area contributed by atoms with E-state index in [4.69, 9.17) is 16.9 Å². The fourth-order valence-electron chi connectivity index (χ4n) is 2.49. The fraction of sp³-hybridized carbons (Fsp3) is 0.235. The van der Waals surface area contributed by atoms with Crippen LogP contribution in [0.3, 0.4) is 0 Å². The van der Waals surface area contributed by atoms with E-state index in [0.29, 0.717) is 16.4 Å². The Kier molecular flexibility index (Phi) is 4.63. The summed E-state index contributed by atoms with van der Waals surface area (Å²) in [5.74, 6) is 0.583. The molecule has 2 aromatic heterocycles. The molecule has 0 spiro atoms. The first kappa shape index (κ1) is 16.9. The predicted molar refractivity (Wildman–Crippen MR) is 94.8 cm³/mol. The van der Waals surface area contributed by atoms with Gasteiger partial charge in [0.25, 0.3) is 0 Å². The zero-order valence-electron chi connectivity index (χ0n) is 13.5. The number of carbonyl (C=O) groups is 1. The van der Waals surface area contributed by atoms with Crippen molar-refractivity contribution in [3.63, 3.8) is 0 Å². The first-order chi connectivity index (χ1) is 12.1. The lowest BCUT2D eigenvalue weighted by Crippen LogP contribution is -2.14. The van der Waals surface area contributed by atoms with Gasteiger partial charge in [-0.05, 0) is 36.6 Å². The van der Waals surface area contributed by atoms with E-state index in [2.05, 4.69) is 27.2 Å². The van der Waals surface area contributed by atoms with Gasteiger partial charge < -0.3 is 5.32 Å². The van der Waals surface area contributed by atoms with Crippen LogP contribution in [-0.2, 0) is 11.8 Å². The average molecular weight is 355 g/mol. The Labute approximate surface area is 149 Å². The second kappa shape index (κ2) is 6.87. The molecule has 1 fully saturated rings. The number of nitrogens with zero attached hydrogens (tertiary/aromatic N) is 5. The van der Waals surface area contributed by atoms with Crippen molar-refractivity contribution >= 4 is 34.2 Å². The summed E-state index contributed by atoms with van der Waals surface area (Å²) in [5, 5.41) is 23.0. The maximum Gasteiger partial charge on any atom is 0.228 e. The summed E-state index contributed by atoms with van der Waals surface area (Å²) in [7, 11) is 1.86. The molecule has 25 heavy (non-hydrogen) atoms. The Morgan fingerprint density at radius 1 is 1.28 bits per heavy atom. The zero-order valence-corrected chi connectivity index (χ0v) is 14.2. The minimum Gasteiger partial charge on any atom is -0.309 e. The van der Waals surface area contributed by atoms with Crippen molar-refractivity contribution in [2.24, 2.45) is 13.0 Å². The highest BCUT2D eigenvalue weighted by Gasteiger charge is 2.29. The lowest BCUT2D eigenvalue weighted by Gasteiger charge is -2.06. The quantitative estimate of drug-likeness (QED) is 0.779. The van der Waals surface area contributed by atoms with E-state index in [1.807, 2.05) is 25.4 Å². The van der Waals surface area contributed by atoms with Crippen LogP contribution < -0.4 is 5.32 Å². The predicted octanol–water partition coefficient (Wildman–Crippen LogP) is 3.17. The number of amides is 1. The first-order valence-corrected chi connectivity index (χ1v) is 8.00. The highest BCUT2D eigenvalue weighted by Crippen LogP contribution is 2.32. The summed E-state index contributed by atoms with van der Waals surface area (Å²) in [4.78, 5) is 11.9. The van der Waals surface area contributed by atoms with Crippen LogP contribution in [0.1, 0.15) is 12.8 Å². The van der Waals surface area contributed by atoms with Gasteiger partial charge in [0.1, 0.15) is 5.52 Å².